The van der Waals surface area contributed by atoms with E-state index in [1.807, 2.05) is 13.8 Å². The number of aryl methyl sites for hydroxylation is 2. The van der Waals surface area contributed by atoms with Gasteiger partial charge in [0.25, 0.3) is 5.91 Å². The number of hydrogen-bond donors (Lipinski definition) is 0. The summed E-state index contributed by atoms with van der Waals surface area (Å²) in [5.41, 5.74) is 2.48. The lowest BCUT2D eigenvalue weighted by Crippen LogP contribution is -2.52. The van der Waals surface area contributed by atoms with Gasteiger partial charge in [-0.2, -0.15) is 0 Å². The van der Waals surface area contributed by atoms with Crippen molar-refractivity contribution >= 4 is 34.2 Å². The zero-order valence-electron chi connectivity index (χ0n) is 17.9. The summed E-state index contributed by atoms with van der Waals surface area (Å²) in [5.74, 6) is 0.0454. The van der Waals surface area contributed by atoms with Gasteiger partial charge in [-0.25, -0.2) is 4.39 Å². The minimum atomic E-state index is -0.623. The molecule has 5 nitrogen and oxygen atoms in total. The monoisotopic (exact) mass is 452 g/mol. The fraction of sp³-hybridized carbons (Fsp3) is 0.320. The van der Waals surface area contributed by atoms with E-state index in [-0.39, 0.29) is 18.1 Å². The van der Waals surface area contributed by atoms with Crippen LogP contribution in [0.4, 0.5) is 4.39 Å². The fourth-order valence-electron chi connectivity index (χ4n) is 4.79. The zero-order valence-corrected chi connectivity index (χ0v) is 18.6. The van der Waals surface area contributed by atoms with Gasteiger partial charge in [0.1, 0.15) is 17.2 Å². The number of pyridine rings is 1. The Morgan fingerprint density at radius 1 is 1.16 bits per heavy atom. The molecule has 0 atom stereocenters. The highest BCUT2D eigenvalue weighted by Crippen LogP contribution is 2.42. The van der Waals surface area contributed by atoms with Crippen molar-refractivity contribution in [1.29, 1.82) is 0 Å². The molecule has 1 aromatic heterocycles. The highest BCUT2D eigenvalue weighted by Gasteiger charge is 2.44. The minimum absolute atomic E-state index is 0.0165. The van der Waals surface area contributed by atoms with Crippen LogP contribution in [-0.2, 0) is 0 Å². The van der Waals surface area contributed by atoms with E-state index in [0.717, 1.165) is 5.56 Å². The van der Waals surface area contributed by atoms with E-state index in [1.165, 1.54) is 12.1 Å². The normalized spacial score (nSPS) is 17.4. The van der Waals surface area contributed by atoms with Crippen molar-refractivity contribution in [3.05, 3.63) is 69.6 Å². The molecular formula is C25H22ClFN2O3. The number of rotatable bonds is 1. The number of carbonyl (C=O) groups excluding carboxylic acids is 2. The largest absolute Gasteiger partial charge is 0.486 e. The van der Waals surface area contributed by atoms with Crippen molar-refractivity contribution < 1.29 is 18.7 Å². The summed E-state index contributed by atoms with van der Waals surface area (Å²) in [6.07, 6.45) is 1.36. The molecule has 5 rings (SSSR count). The number of Topliss-reactive ketones (excluding diaryl/α,β-unsaturated/α-hetero) is 1. The average molecular weight is 453 g/mol. The zero-order chi connectivity index (χ0) is 22.6. The van der Waals surface area contributed by atoms with Crippen LogP contribution < -0.4 is 4.74 Å². The first-order valence-corrected chi connectivity index (χ1v) is 11.0. The summed E-state index contributed by atoms with van der Waals surface area (Å²) in [6, 6.07) is 9.45. The van der Waals surface area contributed by atoms with Gasteiger partial charge in [0.05, 0.1) is 23.1 Å². The molecule has 1 spiro atoms. The summed E-state index contributed by atoms with van der Waals surface area (Å²) >= 11 is 6.12. The van der Waals surface area contributed by atoms with Crippen molar-refractivity contribution in [2.24, 2.45) is 0 Å². The van der Waals surface area contributed by atoms with Crippen LogP contribution in [0.1, 0.15) is 51.2 Å². The van der Waals surface area contributed by atoms with E-state index >= 15 is 0 Å². The first-order valence-electron chi connectivity index (χ1n) is 10.6. The number of amides is 1. The average Bonchev–Trinajstić information content (AvgIpc) is 2.75. The molecule has 0 aliphatic carbocycles. The second-order valence-corrected chi connectivity index (χ2v) is 9.19. The second kappa shape index (κ2) is 7.55. The van der Waals surface area contributed by atoms with Crippen LogP contribution in [0.25, 0.3) is 10.9 Å². The molecule has 2 aliphatic rings. The van der Waals surface area contributed by atoms with Crippen molar-refractivity contribution in [3.8, 4) is 5.75 Å². The van der Waals surface area contributed by atoms with Gasteiger partial charge in [0, 0.05) is 42.0 Å². The highest BCUT2D eigenvalue weighted by molar-refractivity contribution is 6.31. The van der Waals surface area contributed by atoms with Gasteiger partial charge >= 0.3 is 0 Å². The molecular weight excluding hydrogens is 431 g/mol. The Balaban J connectivity index is 1.40. The van der Waals surface area contributed by atoms with Gasteiger partial charge in [0.15, 0.2) is 5.78 Å². The number of aromatic nitrogens is 1. The van der Waals surface area contributed by atoms with Crippen LogP contribution in [0, 0.1) is 19.7 Å². The number of benzene rings is 2. The summed E-state index contributed by atoms with van der Waals surface area (Å²) in [6.45, 7) is 4.60. The molecule has 1 amide bonds. The molecule has 32 heavy (non-hydrogen) atoms. The quantitative estimate of drug-likeness (QED) is 0.503. The number of ketones is 1. The lowest BCUT2D eigenvalue weighted by Gasteiger charge is -2.44. The van der Waals surface area contributed by atoms with Crippen LogP contribution in [0.3, 0.4) is 0 Å². The van der Waals surface area contributed by atoms with Crippen molar-refractivity contribution in [2.75, 3.05) is 13.1 Å². The molecule has 1 fully saturated rings. The van der Waals surface area contributed by atoms with Crippen molar-refractivity contribution in [2.45, 2.75) is 38.7 Å². The molecule has 0 unspecified atom stereocenters. The molecule has 2 aliphatic heterocycles. The Hall–Kier alpha value is -2.99. The second-order valence-electron chi connectivity index (χ2n) is 8.75. The molecule has 0 saturated carbocycles. The number of likely N-dealkylation sites (tertiary alicyclic amines) is 1. The van der Waals surface area contributed by atoms with Crippen molar-refractivity contribution in [3.63, 3.8) is 0 Å². The first-order chi connectivity index (χ1) is 15.2. The Kier molecular flexibility index (Phi) is 4.93. The summed E-state index contributed by atoms with van der Waals surface area (Å²) < 4.78 is 20.2. The van der Waals surface area contributed by atoms with E-state index in [1.54, 1.807) is 29.2 Å². The third-order valence-corrected chi connectivity index (χ3v) is 6.65. The lowest BCUT2D eigenvalue weighted by molar-refractivity contribution is -0.00612. The lowest BCUT2D eigenvalue weighted by atomic mass is 9.82. The highest BCUT2D eigenvalue weighted by atomic mass is 35.5. The number of fused-ring (bicyclic) bond motifs is 2. The third kappa shape index (κ3) is 3.52. The van der Waals surface area contributed by atoms with Gasteiger partial charge in [-0.05, 0) is 55.8 Å². The minimum Gasteiger partial charge on any atom is -0.486 e. The maximum Gasteiger partial charge on any atom is 0.254 e. The van der Waals surface area contributed by atoms with E-state index < -0.39 is 11.4 Å². The van der Waals surface area contributed by atoms with Crippen LogP contribution in [0.5, 0.6) is 5.75 Å². The first kappa shape index (κ1) is 20.9. The van der Waals surface area contributed by atoms with Crippen molar-refractivity contribution in [1.82, 2.24) is 9.88 Å². The molecule has 0 bridgehead atoms. The number of hydrogen-bond acceptors (Lipinski definition) is 4. The van der Waals surface area contributed by atoms with Crippen LogP contribution in [0.15, 0.2) is 36.4 Å². The number of nitrogens with zero attached hydrogens (tertiary/aromatic N) is 2. The van der Waals surface area contributed by atoms with Crippen LogP contribution in [0.2, 0.25) is 5.02 Å². The predicted molar refractivity (Wildman–Crippen MR) is 120 cm³/mol. The summed E-state index contributed by atoms with van der Waals surface area (Å²) in [4.78, 5) is 32.4. The summed E-state index contributed by atoms with van der Waals surface area (Å²) in [5, 5.41) is 1.03. The molecule has 0 radical (unpaired) electrons. The van der Waals surface area contributed by atoms with Gasteiger partial charge in [0.2, 0.25) is 0 Å². The van der Waals surface area contributed by atoms with E-state index in [4.69, 9.17) is 16.3 Å². The molecule has 2 aromatic carbocycles. The molecule has 3 heterocycles. The Morgan fingerprint density at radius 2 is 1.91 bits per heavy atom. The predicted octanol–water partition coefficient (Wildman–Crippen LogP) is 5.28. The third-order valence-electron chi connectivity index (χ3n) is 6.43. The van der Waals surface area contributed by atoms with E-state index in [9.17, 15) is 14.0 Å². The molecule has 3 aromatic rings. The number of halogens is 2. The SMILES string of the molecule is Cc1cc(C(=O)N2CCC3(CC2)CC(=O)c2cc(Cl)cc(C)c2O3)c2cc(F)ccc2n1. The molecule has 164 valence electrons. The molecule has 7 heteroatoms. The molecule has 0 N–H and O–H groups in total. The van der Waals surface area contributed by atoms with Crippen LogP contribution in [-0.4, -0.2) is 40.3 Å². The fourth-order valence-corrected chi connectivity index (χ4v) is 5.06. The van der Waals surface area contributed by atoms with Crippen LogP contribution >= 0.6 is 11.6 Å². The maximum atomic E-state index is 13.9. The number of piperidine rings is 1. The Bertz CT molecular complexity index is 1280. The topological polar surface area (TPSA) is 59.5 Å². The standard InChI is InChI=1S/C25H22ClFN2O3/c1-14-9-16(26)11-20-22(30)13-25(32-23(14)20)5-7-29(8-6-25)24(31)19-10-15(2)28-21-4-3-17(27)12-18(19)21/h3-4,9-12H,5-8,13H2,1-2H3. The molecule has 1 saturated heterocycles. The van der Waals surface area contributed by atoms with Gasteiger partial charge in [-0.3, -0.25) is 14.6 Å². The van der Waals surface area contributed by atoms with Gasteiger partial charge in [-0.1, -0.05) is 11.6 Å². The summed E-state index contributed by atoms with van der Waals surface area (Å²) in [7, 11) is 0. The smallest absolute Gasteiger partial charge is 0.254 e. The maximum absolute atomic E-state index is 13.9. The van der Waals surface area contributed by atoms with E-state index in [0.29, 0.717) is 64.4 Å². The Labute approximate surface area is 190 Å². The van der Waals surface area contributed by atoms with Gasteiger partial charge < -0.3 is 9.64 Å². The van der Waals surface area contributed by atoms with Gasteiger partial charge in [-0.15, -0.1) is 0 Å². The number of carbonyl (C=O) groups is 2. The Morgan fingerprint density at radius 3 is 2.66 bits per heavy atom. The van der Waals surface area contributed by atoms with E-state index in [2.05, 4.69) is 4.98 Å². The number of ether oxygens (including phenoxy) is 1.